The topological polar surface area (TPSA) is 67.8 Å². The van der Waals surface area contributed by atoms with Crippen LogP contribution in [0.5, 0.6) is 0 Å². The molecule has 1 aromatic carbocycles. The molecule has 0 saturated carbocycles. The van der Waals surface area contributed by atoms with Crippen molar-refractivity contribution in [3.8, 4) is 0 Å². The van der Waals surface area contributed by atoms with Gasteiger partial charge in [0.2, 0.25) is 0 Å². The Morgan fingerprint density at radius 1 is 1.41 bits per heavy atom. The maximum absolute atomic E-state index is 11.3. The van der Waals surface area contributed by atoms with Crippen molar-refractivity contribution in [3.63, 3.8) is 0 Å². The van der Waals surface area contributed by atoms with Gasteiger partial charge in [0.05, 0.1) is 13.2 Å². The van der Waals surface area contributed by atoms with E-state index in [0.717, 1.165) is 5.56 Å². The van der Waals surface area contributed by atoms with Gasteiger partial charge in [-0.3, -0.25) is 5.32 Å². The molecule has 0 radical (unpaired) electrons. The number of rotatable bonds is 6. The van der Waals surface area contributed by atoms with Crippen LogP contribution in [0.4, 0.5) is 10.5 Å². The molecule has 0 spiro atoms. The van der Waals surface area contributed by atoms with Crippen LogP contribution in [0.3, 0.4) is 0 Å². The summed E-state index contributed by atoms with van der Waals surface area (Å²) in [6.07, 6.45) is -0.581. The van der Waals surface area contributed by atoms with E-state index in [2.05, 4.69) is 5.32 Å². The minimum absolute atomic E-state index is 0.0144. The molecule has 0 aliphatic carbocycles. The highest BCUT2D eigenvalue weighted by molar-refractivity contribution is 5.85. The second-order valence-corrected chi connectivity index (χ2v) is 3.28. The number of nitrogens with one attached hydrogen (secondary N) is 1. The van der Waals surface area contributed by atoms with Gasteiger partial charge in [0.1, 0.15) is 6.61 Å². The van der Waals surface area contributed by atoms with Crippen LogP contribution in [0.2, 0.25) is 0 Å². The Kier molecular flexibility index (Phi) is 6.06. The van der Waals surface area contributed by atoms with E-state index < -0.39 is 6.09 Å². The molecule has 1 amide bonds. The Morgan fingerprint density at radius 2 is 2.18 bits per heavy atom. The summed E-state index contributed by atoms with van der Waals surface area (Å²) < 4.78 is 10.0. The molecule has 0 atom stereocenters. The average Bonchev–Trinajstić information content (AvgIpc) is 2.35. The van der Waals surface area contributed by atoms with Crippen molar-refractivity contribution in [1.82, 2.24) is 0 Å². The molecule has 0 aliphatic rings. The Morgan fingerprint density at radius 3 is 2.88 bits per heavy atom. The third kappa shape index (κ3) is 4.84. The van der Waals surface area contributed by atoms with Crippen LogP contribution in [-0.4, -0.2) is 31.0 Å². The van der Waals surface area contributed by atoms with Gasteiger partial charge in [-0.25, -0.2) is 4.79 Å². The van der Waals surface area contributed by atoms with E-state index in [0.29, 0.717) is 18.9 Å². The van der Waals surface area contributed by atoms with Crippen LogP contribution in [0, 0.1) is 0 Å². The van der Waals surface area contributed by atoms with Crippen LogP contribution in [0.25, 0.3) is 0 Å². The summed E-state index contributed by atoms with van der Waals surface area (Å²) in [5, 5.41) is 11.1. The first-order valence-corrected chi connectivity index (χ1v) is 5.48. The lowest BCUT2D eigenvalue weighted by Gasteiger charge is -2.10. The largest absolute Gasteiger partial charge is 0.447 e. The molecular weight excluding hydrogens is 222 g/mol. The molecule has 17 heavy (non-hydrogen) atoms. The van der Waals surface area contributed by atoms with Gasteiger partial charge in [-0.2, -0.15) is 0 Å². The van der Waals surface area contributed by atoms with Gasteiger partial charge >= 0.3 is 6.09 Å². The molecule has 2 N–H and O–H groups in total. The van der Waals surface area contributed by atoms with Crippen molar-refractivity contribution >= 4 is 11.8 Å². The summed E-state index contributed by atoms with van der Waals surface area (Å²) in [5.74, 6) is 0. The third-order valence-corrected chi connectivity index (χ3v) is 2.04. The predicted octanol–water partition coefficient (Wildman–Crippen LogP) is 1.76. The van der Waals surface area contributed by atoms with Crippen LogP contribution in [0.1, 0.15) is 12.5 Å². The summed E-state index contributed by atoms with van der Waals surface area (Å²) >= 11 is 0. The van der Waals surface area contributed by atoms with Gasteiger partial charge in [-0.15, -0.1) is 0 Å². The number of aliphatic hydroxyl groups is 1. The molecule has 0 unspecified atom stereocenters. The first-order chi connectivity index (χ1) is 8.27. The first kappa shape index (κ1) is 13.5. The normalized spacial score (nSPS) is 10.0. The number of ether oxygens (including phenoxy) is 2. The molecule has 0 bridgehead atoms. The zero-order valence-corrected chi connectivity index (χ0v) is 9.81. The summed E-state index contributed by atoms with van der Waals surface area (Å²) in [5.41, 5.74) is 1.54. The summed E-state index contributed by atoms with van der Waals surface area (Å²) in [4.78, 5) is 11.3. The van der Waals surface area contributed by atoms with Crippen LogP contribution in [-0.2, 0) is 16.1 Å². The maximum atomic E-state index is 11.3. The van der Waals surface area contributed by atoms with Crippen LogP contribution in [0.15, 0.2) is 24.3 Å². The average molecular weight is 239 g/mol. The number of carbonyl (C=O) groups is 1. The highest BCUT2D eigenvalue weighted by Gasteiger charge is 2.06. The Hall–Kier alpha value is -1.59. The maximum Gasteiger partial charge on any atom is 0.411 e. The van der Waals surface area contributed by atoms with Crippen molar-refractivity contribution in [2.75, 3.05) is 25.1 Å². The Bertz CT molecular complexity index is 354. The lowest BCUT2D eigenvalue weighted by atomic mass is 10.2. The molecule has 5 heteroatoms. The fourth-order valence-electron chi connectivity index (χ4n) is 1.26. The molecule has 1 aromatic rings. The van der Waals surface area contributed by atoms with E-state index in [1.54, 1.807) is 6.07 Å². The lowest BCUT2D eigenvalue weighted by molar-refractivity contribution is 0.130. The van der Waals surface area contributed by atoms with Crippen molar-refractivity contribution in [3.05, 3.63) is 29.8 Å². The SMILES string of the molecule is CCOCc1ccccc1NC(=O)OCCO. The second kappa shape index (κ2) is 7.65. The molecule has 0 fully saturated rings. The van der Waals surface area contributed by atoms with E-state index in [9.17, 15) is 4.79 Å². The number of para-hydroxylation sites is 1. The molecule has 0 heterocycles. The molecule has 0 aliphatic heterocycles. The number of hydrogen-bond acceptors (Lipinski definition) is 4. The van der Waals surface area contributed by atoms with Gasteiger partial charge in [0, 0.05) is 17.9 Å². The van der Waals surface area contributed by atoms with Gasteiger partial charge < -0.3 is 14.6 Å². The quantitative estimate of drug-likeness (QED) is 0.793. The predicted molar refractivity (Wildman–Crippen MR) is 63.8 cm³/mol. The number of carbonyl (C=O) groups excluding carboxylic acids is 1. The minimum atomic E-state index is -0.581. The number of anilines is 1. The van der Waals surface area contributed by atoms with Gasteiger partial charge in [0.25, 0.3) is 0 Å². The van der Waals surface area contributed by atoms with Gasteiger partial charge in [-0.1, -0.05) is 18.2 Å². The van der Waals surface area contributed by atoms with E-state index in [-0.39, 0.29) is 13.2 Å². The highest BCUT2D eigenvalue weighted by atomic mass is 16.6. The Balaban J connectivity index is 2.59. The lowest BCUT2D eigenvalue weighted by Crippen LogP contribution is -2.16. The Labute approximate surface area is 100 Å². The summed E-state index contributed by atoms with van der Waals surface area (Å²) in [6, 6.07) is 7.33. The van der Waals surface area contributed by atoms with Crippen molar-refractivity contribution in [2.24, 2.45) is 0 Å². The molecular formula is C12H17NO4. The molecule has 1 rings (SSSR count). The number of benzene rings is 1. The number of hydrogen-bond donors (Lipinski definition) is 2. The zero-order chi connectivity index (χ0) is 12.5. The van der Waals surface area contributed by atoms with Gasteiger partial charge in [0.15, 0.2) is 0 Å². The van der Waals surface area contributed by atoms with E-state index in [1.807, 2.05) is 25.1 Å². The molecule has 0 aromatic heterocycles. The monoisotopic (exact) mass is 239 g/mol. The summed E-state index contributed by atoms with van der Waals surface area (Å²) in [6.45, 7) is 2.76. The zero-order valence-electron chi connectivity index (χ0n) is 9.81. The first-order valence-electron chi connectivity index (χ1n) is 5.48. The minimum Gasteiger partial charge on any atom is -0.447 e. The standard InChI is InChI=1S/C12H17NO4/c1-2-16-9-10-5-3-4-6-11(10)13-12(15)17-8-7-14/h3-6,14H,2,7-9H2,1H3,(H,13,15). The van der Waals surface area contributed by atoms with Crippen LogP contribution < -0.4 is 5.32 Å². The smallest absolute Gasteiger partial charge is 0.411 e. The van der Waals surface area contributed by atoms with Gasteiger partial charge in [-0.05, 0) is 13.0 Å². The third-order valence-electron chi connectivity index (χ3n) is 2.04. The number of amides is 1. The van der Waals surface area contributed by atoms with Crippen molar-refractivity contribution in [2.45, 2.75) is 13.5 Å². The second-order valence-electron chi connectivity index (χ2n) is 3.28. The van der Waals surface area contributed by atoms with E-state index in [4.69, 9.17) is 14.6 Å². The fraction of sp³-hybridized carbons (Fsp3) is 0.417. The van der Waals surface area contributed by atoms with Crippen molar-refractivity contribution < 1.29 is 19.4 Å². The van der Waals surface area contributed by atoms with E-state index in [1.165, 1.54) is 0 Å². The molecule has 94 valence electrons. The molecule has 5 nitrogen and oxygen atoms in total. The highest BCUT2D eigenvalue weighted by Crippen LogP contribution is 2.16. The van der Waals surface area contributed by atoms with Crippen LogP contribution >= 0.6 is 0 Å². The van der Waals surface area contributed by atoms with Crippen molar-refractivity contribution in [1.29, 1.82) is 0 Å². The fourth-order valence-corrected chi connectivity index (χ4v) is 1.26. The van der Waals surface area contributed by atoms with E-state index >= 15 is 0 Å². The summed E-state index contributed by atoms with van der Waals surface area (Å²) in [7, 11) is 0. The number of aliphatic hydroxyl groups excluding tert-OH is 1. The molecule has 0 saturated heterocycles.